The number of hydrazone groups is 1. The zero-order valence-corrected chi connectivity index (χ0v) is 11.9. The Morgan fingerprint density at radius 1 is 0.952 bits per heavy atom. The van der Waals surface area contributed by atoms with Gasteiger partial charge >= 0.3 is 17.1 Å². The van der Waals surface area contributed by atoms with Crippen LogP contribution in [-0.4, -0.2) is 16.3 Å². The number of aromatic hydroxyl groups is 1. The Morgan fingerprint density at radius 3 is 2.57 bits per heavy atom. The summed E-state index contributed by atoms with van der Waals surface area (Å²) in [6, 6.07) is 18.8. The van der Waals surface area contributed by atoms with Crippen LogP contribution in [0, 0.1) is 0 Å². The summed E-state index contributed by atoms with van der Waals surface area (Å²) in [5.74, 6) is 0.861. The van der Waals surface area contributed by atoms with Crippen LogP contribution in [0.5, 0.6) is 5.75 Å². The minimum Gasteiger partial charge on any atom is -0.507 e. The molecule has 0 saturated heterocycles. The molecular weight excluding hydrogens is 314 g/mol. The molecule has 0 aliphatic carbocycles. The fraction of sp³-hybridized carbons (Fsp3) is 0. The number of anilines is 1. The quantitative estimate of drug-likeness (QED) is 0.440. The fourth-order valence-corrected chi connectivity index (χ4v) is 1.89. The maximum atomic E-state index is 9.61. The van der Waals surface area contributed by atoms with Gasteiger partial charge in [0, 0.05) is 10.9 Å². The smallest absolute Gasteiger partial charge is 0.507 e. The van der Waals surface area contributed by atoms with Gasteiger partial charge in [-0.25, -0.2) is 4.98 Å². The number of benzene rings is 2. The molecule has 0 aliphatic rings. The number of phenolic OH excluding ortho intramolecular Hbond substituents is 1. The molecule has 4 nitrogen and oxygen atoms in total. The Hall–Kier alpha value is -2.36. The molecule has 21 heavy (non-hydrogen) atoms. The van der Waals surface area contributed by atoms with Crippen molar-refractivity contribution in [3.8, 4) is 5.75 Å². The van der Waals surface area contributed by atoms with Crippen LogP contribution in [0.2, 0.25) is 0 Å². The molecule has 5 heteroatoms. The first-order valence-corrected chi connectivity index (χ1v) is 6.26. The minimum absolute atomic E-state index is 0. The van der Waals surface area contributed by atoms with Crippen LogP contribution in [-0.2, 0) is 17.1 Å². The van der Waals surface area contributed by atoms with Crippen molar-refractivity contribution < 1.29 is 22.2 Å². The van der Waals surface area contributed by atoms with Crippen molar-refractivity contribution in [2.24, 2.45) is 5.10 Å². The Morgan fingerprint density at radius 2 is 1.71 bits per heavy atom. The Bertz CT molecular complexity index is 774. The van der Waals surface area contributed by atoms with Crippen LogP contribution >= 0.6 is 0 Å². The van der Waals surface area contributed by atoms with Crippen molar-refractivity contribution >= 4 is 22.9 Å². The van der Waals surface area contributed by atoms with Crippen molar-refractivity contribution in [2.75, 3.05) is 5.43 Å². The van der Waals surface area contributed by atoms with Crippen LogP contribution < -0.4 is 5.43 Å². The van der Waals surface area contributed by atoms with E-state index in [0.717, 1.165) is 10.9 Å². The second-order valence-corrected chi connectivity index (χ2v) is 4.32. The van der Waals surface area contributed by atoms with E-state index in [1.165, 1.54) is 0 Å². The van der Waals surface area contributed by atoms with Gasteiger partial charge in [0.2, 0.25) is 0 Å². The Kier molecular flexibility index (Phi) is 4.93. The Balaban J connectivity index is 0.00000161. The van der Waals surface area contributed by atoms with Gasteiger partial charge < -0.3 is 5.11 Å². The molecule has 0 amide bonds. The Labute approximate surface area is 133 Å². The predicted octanol–water partition coefficient (Wildman–Crippen LogP) is 3.38. The molecule has 1 aromatic heterocycles. The molecule has 0 saturated carbocycles. The average molecular weight is 327 g/mol. The van der Waals surface area contributed by atoms with E-state index in [1.807, 2.05) is 42.5 Å². The van der Waals surface area contributed by atoms with Gasteiger partial charge in [0.15, 0.2) is 0 Å². The average Bonchev–Trinajstić information content (AvgIpc) is 2.49. The summed E-state index contributed by atoms with van der Waals surface area (Å²) in [6.07, 6.45) is 1.56. The van der Waals surface area contributed by atoms with Crippen LogP contribution in [0.3, 0.4) is 0 Å². The number of para-hydroxylation sites is 2. The van der Waals surface area contributed by atoms with Gasteiger partial charge in [-0.15, -0.1) is 0 Å². The van der Waals surface area contributed by atoms with Crippen LogP contribution in [0.1, 0.15) is 5.56 Å². The van der Waals surface area contributed by atoms with Crippen molar-refractivity contribution in [2.45, 2.75) is 0 Å². The second-order valence-electron chi connectivity index (χ2n) is 4.32. The van der Waals surface area contributed by atoms with E-state index in [4.69, 9.17) is 0 Å². The van der Waals surface area contributed by atoms with E-state index in [1.54, 1.807) is 24.4 Å². The summed E-state index contributed by atoms with van der Waals surface area (Å²) < 4.78 is 0. The summed E-state index contributed by atoms with van der Waals surface area (Å²) in [7, 11) is 0. The van der Waals surface area contributed by atoms with Gasteiger partial charge in [-0.3, -0.25) is 5.43 Å². The number of hydrogen-bond acceptors (Lipinski definition) is 4. The normalized spacial score (nSPS) is 10.5. The van der Waals surface area contributed by atoms with Gasteiger partial charge in [0.25, 0.3) is 0 Å². The third-order valence-electron chi connectivity index (χ3n) is 2.92. The first-order valence-electron chi connectivity index (χ1n) is 6.26. The third kappa shape index (κ3) is 3.60. The molecule has 108 valence electrons. The van der Waals surface area contributed by atoms with Gasteiger partial charge in [0.05, 0.1) is 11.7 Å². The molecule has 0 radical (unpaired) electrons. The molecule has 3 aromatic rings. The first kappa shape index (κ1) is 15.0. The number of aromatic nitrogens is 1. The SMILES string of the molecule is Oc1ccccc1/C=N/Nc1ccc2ccccc2n1.[Cu+]. The molecule has 0 fully saturated rings. The van der Waals surface area contributed by atoms with Crippen LogP contribution in [0.4, 0.5) is 5.82 Å². The second kappa shape index (κ2) is 6.88. The maximum Gasteiger partial charge on any atom is 1.00 e. The molecule has 2 aromatic carbocycles. The number of phenols is 1. The van der Waals surface area contributed by atoms with E-state index in [-0.39, 0.29) is 22.8 Å². The van der Waals surface area contributed by atoms with Gasteiger partial charge in [-0.2, -0.15) is 5.10 Å². The van der Waals surface area contributed by atoms with E-state index in [2.05, 4.69) is 15.5 Å². The number of hydrogen-bond donors (Lipinski definition) is 2. The van der Waals surface area contributed by atoms with E-state index in [0.29, 0.717) is 11.4 Å². The van der Waals surface area contributed by atoms with Gasteiger partial charge in [-0.05, 0) is 30.3 Å². The summed E-state index contributed by atoms with van der Waals surface area (Å²) >= 11 is 0. The standard InChI is InChI=1S/C16H13N3O.Cu/c20-15-8-4-2-6-13(15)11-17-19-16-10-9-12-5-1-3-7-14(12)18-16;/h1-11,20H,(H,18,19);/q;+1/b17-11+;. The molecular formula is C16H13CuN3O+. The summed E-state index contributed by atoms with van der Waals surface area (Å²) in [5, 5.41) is 14.8. The molecule has 1 heterocycles. The zero-order valence-electron chi connectivity index (χ0n) is 11.0. The fourth-order valence-electron chi connectivity index (χ4n) is 1.89. The first-order chi connectivity index (χ1) is 9.83. The van der Waals surface area contributed by atoms with Gasteiger partial charge in [0.1, 0.15) is 11.6 Å². The van der Waals surface area contributed by atoms with E-state index >= 15 is 0 Å². The largest absolute Gasteiger partial charge is 1.00 e. The third-order valence-corrected chi connectivity index (χ3v) is 2.92. The van der Waals surface area contributed by atoms with Crippen molar-refractivity contribution in [1.82, 2.24) is 4.98 Å². The summed E-state index contributed by atoms with van der Waals surface area (Å²) in [4.78, 5) is 4.44. The number of fused-ring (bicyclic) bond motifs is 1. The van der Waals surface area contributed by atoms with E-state index < -0.39 is 0 Å². The van der Waals surface area contributed by atoms with E-state index in [9.17, 15) is 5.11 Å². The van der Waals surface area contributed by atoms with Gasteiger partial charge in [-0.1, -0.05) is 30.3 Å². The topological polar surface area (TPSA) is 57.5 Å². The maximum absolute atomic E-state index is 9.61. The van der Waals surface area contributed by atoms with Crippen molar-refractivity contribution in [3.05, 3.63) is 66.2 Å². The zero-order chi connectivity index (χ0) is 13.8. The van der Waals surface area contributed by atoms with Crippen molar-refractivity contribution in [1.29, 1.82) is 0 Å². The number of nitrogens with one attached hydrogen (secondary N) is 1. The van der Waals surface area contributed by atoms with Crippen LogP contribution in [0.15, 0.2) is 65.8 Å². The number of nitrogens with zero attached hydrogens (tertiary/aromatic N) is 2. The molecule has 3 rings (SSSR count). The molecule has 0 bridgehead atoms. The van der Waals surface area contributed by atoms with Crippen LogP contribution in [0.25, 0.3) is 10.9 Å². The summed E-state index contributed by atoms with van der Waals surface area (Å²) in [5.41, 5.74) is 4.43. The molecule has 2 N–H and O–H groups in total. The molecule has 0 unspecified atom stereocenters. The molecule has 0 aliphatic heterocycles. The number of pyridine rings is 1. The monoisotopic (exact) mass is 326 g/mol. The molecule has 0 spiro atoms. The number of rotatable bonds is 3. The summed E-state index contributed by atoms with van der Waals surface area (Å²) in [6.45, 7) is 0. The van der Waals surface area contributed by atoms with Crippen molar-refractivity contribution in [3.63, 3.8) is 0 Å². The predicted molar refractivity (Wildman–Crippen MR) is 81.1 cm³/mol. The minimum atomic E-state index is 0. The molecule has 0 atom stereocenters.